The van der Waals surface area contributed by atoms with Gasteiger partial charge in [-0.3, -0.25) is 9.59 Å². The quantitative estimate of drug-likeness (QED) is 0.739. The predicted molar refractivity (Wildman–Crippen MR) is 85.9 cm³/mol. The van der Waals surface area contributed by atoms with Gasteiger partial charge in [-0.05, 0) is 18.6 Å². The van der Waals surface area contributed by atoms with E-state index in [-0.39, 0.29) is 44.5 Å². The summed E-state index contributed by atoms with van der Waals surface area (Å²) in [5.74, 6) is -2.13. The summed E-state index contributed by atoms with van der Waals surface area (Å²) in [6, 6.07) is 2.62. The van der Waals surface area contributed by atoms with Crippen molar-refractivity contribution in [2.75, 3.05) is 14.2 Å². The van der Waals surface area contributed by atoms with Crippen molar-refractivity contribution in [3.63, 3.8) is 0 Å². The highest BCUT2D eigenvalue weighted by atomic mass is 35.5. The first-order chi connectivity index (χ1) is 11.3. The molecule has 0 atom stereocenters. The Bertz CT molecular complexity index is 916. The minimum atomic E-state index is -0.682. The van der Waals surface area contributed by atoms with E-state index in [0.717, 1.165) is 0 Å². The number of aryl methyl sites for hydroxylation is 1. The van der Waals surface area contributed by atoms with Gasteiger partial charge in [-0.15, -0.1) is 0 Å². The summed E-state index contributed by atoms with van der Waals surface area (Å²) in [5, 5.41) is 20.5. The minimum Gasteiger partial charge on any atom is -0.507 e. The van der Waals surface area contributed by atoms with Gasteiger partial charge in [0.25, 0.3) is 0 Å². The van der Waals surface area contributed by atoms with Crippen LogP contribution in [0.1, 0.15) is 37.4 Å². The number of ether oxygens (including phenoxy) is 2. The highest BCUT2D eigenvalue weighted by Gasteiger charge is 2.40. The lowest BCUT2D eigenvalue weighted by Gasteiger charge is -2.23. The van der Waals surface area contributed by atoms with Crippen LogP contribution in [0.5, 0.6) is 23.0 Å². The van der Waals surface area contributed by atoms with Crippen molar-refractivity contribution in [2.45, 2.75) is 6.92 Å². The maximum absolute atomic E-state index is 12.9. The van der Waals surface area contributed by atoms with Gasteiger partial charge < -0.3 is 19.7 Å². The molecule has 2 aromatic rings. The van der Waals surface area contributed by atoms with E-state index >= 15 is 0 Å². The SMILES string of the molecule is COc1cc(OC)c2c(c1O)C(=O)c1c(Cl)c(C)cc(O)c1C2=O. The molecule has 1 aliphatic carbocycles. The molecule has 0 heterocycles. The van der Waals surface area contributed by atoms with Crippen molar-refractivity contribution in [2.24, 2.45) is 0 Å². The number of hydrogen-bond donors (Lipinski definition) is 2. The Morgan fingerprint density at radius 1 is 0.875 bits per heavy atom. The average Bonchev–Trinajstić information content (AvgIpc) is 2.55. The summed E-state index contributed by atoms with van der Waals surface area (Å²) >= 11 is 6.18. The highest BCUT2D eigenvalue weighted by Crippen LogP contribution is 2.47. The lowest BCUT2D eigenvalue weighted by atomic mass is 9.81. The highest BCUT2D eigenvalue weighted by molar-refractivity contribution is 6.40. The summed E-state index contributed by atoms with van der Waals surface area (Å²) in [4.78, 5) is 25.8. The van der Waals surface area contributed by atoms with E-state index in [1.165, 1.54) is 26.4 Å². The molecule has 0 spiro atoms. The van der Waals surface area contributed by atoms with Crippen LogP contribution in [0.15, 0.2) is 12.1 Å². The van der Waals surface area contributed by atoms with Gasteiger partial charge in [-0.1, -0.05) is 11.6 Å². The zero-order valence-corrected chi connectivity index (χ0v) is 13.8. The molecule has 0 aliphatic heterocycles. The second-order valence-electron chi connectivity index (χ2n) is 5.31. The molecule has 3 rings (SSSR count). The van der Waals surface area contributed by atoms with Gasteiger partial charge in [0, 0.05) is 6.07 Å². The lowest BCUT2D eigenvalue weighted by molar-refractivity contribution is 0.0971. The molecule has 0 aromatic heterocycles. The zero-order chi connectivity index (χ0) is 17.8. The number of hydrogen-bond acceptors (Lipinski definition) is 6. The molecule has 0 saturated carbocycles. The smallest absolute Gasteiger partial charge is 0.202 e. The number of methoxy groups -OCH3 is 2. The van der Waals surface area contributed by atoms with Crippen LogP contribution in [-0.2, 0) is 0 Å². The van der Waals surface area contributed by atoms with Crippen LogP contribution in [-0.4, -0.2) is 36.0 Å². The second-order valence-corrected chi connectivity index (χ2v) is 5.69. The standard InChI is InChI=1S/C17H13ClO6/c1-6-4-7(19)10-12(14(6)18)17(22)13-11(16(10)21)8(23-2)5-9(24-3)15(13)20/h4-5,19-20H,1-3H3. The van der Waals surface area contributed by atoms with Gasteiger partial charge in [-0.25, -0.2) is 0 Å². The molecule has 7 heteroatoms. The van der Waals surface area contributed by atoms with Crippen LogP contribution < -0.4 is 9.47 Å². The molecule has 124 valence electrons. The van der Waals surface area contributed by atoms with Gasteiger partial charge in [0.15, 0.2) is 17.3 Å². The minimum absolute atomic E-state index is 0.0109. The summed E-state index contributed by atoms with van der Waals surface area (Å²) in [6.07, 6.45) is 0. The molecule has 2 N–H and O–H groups in total. The van der Waals surface area contributed by atoms with Crippen LogP contribution in [0.3, 0.4) is 0 Å². The number of phenols is 2. The fraction of sp³-hybridized carbons (Fsp3) is 0.176. The maximum atomic E-state index is 12.9. The van der Waals surface area contributed by atoms with Crippen LogP contribution in [0.25, 0.3) is 0 Å². The van der Waals surface area contributed by atoms with Gasteiger partial charge in [0.1, 0.15) is 11.5 Å². The van der Waals surface area contributed by atoms with E-state index in [0.29, 0.717) is 5.56 Å². The first kappa shape index (κ1) is 16.1. The molecule has 0 bridgehead atoms. The Morgan fingerprint density at radius 2 is 1.46 bits per heavy atom. The van der Waals surface area contributed by atoms with Gasteiger partial charge in [0.05, 0.1) is 41.5 Å². The predicted octanol–water partition coefficient (Wildman–Crippen LogP) is 2.85. The van der Waals surface area contributed by atoms with Crippen LogP contribution in [0, 0.1) is 6.92 Å². The average molecular weight is 349 g/mol. The maximum Gasteiger partial charge on any atom is 0.202 e. The van der Waals surface area contributed by atoms with Gasteiger partial charge in [-0.2, -0.15) is 0 Å². The summed E-state index contributed by atoms with van der Waals surface area (Å²) < 4.78 is 10.2. The molecule has 0 unspecified atom stereocenters. The number of benzene rings is 2. The van der Waals surface area contributed by atoms with Crippen molar-refractivity contribution >= 4 is 23.2 Å². The summed E-state index contributed by atoms with van der Waals surface area (Å²) in [7, 11) is 2.63. The fourth-order valence-electron chi connectivity index (χ4n) is 2.86. The molecule has 0 saturated heterocycles. The number of ketones is 2. The topological polar surface area (TPSA) is 93.1 Å². The number of fused-ring (bicyclic) bond motifs is 2. The van der Waals surface area contributed by atoms with Crippen LogP contribution in [0.2, 0.25) is 5.02 Å². The van der Waals surface area contributed by atoms with E-state index in [1.54, 1.807) is 6.92 Å². The number of halogens is 1. The third-order valence-electron chi connectivity index (χ3n) is 4.00. The third kappa shape index (κ3) is 1.96. The molecule has 0 radical (unpaired) electrons. The Balaban J connectivity index is 2.46. The number of aromatic hydroxyl groups is 2. The van der Waals surface area contributed by atoms with Crippen molar-refractivity contribution < 1.29 is 29.3 Å². The molecular weight excluding hydrogens is 336 g/mol. The normalized spacial score (nSPS) is 12.7. The van der Waals surface area contributed by atoms with E-state index in [4.69, 9.17) is 21.1 Å². The molecule has 0 amide bonds. The molecule has 1 aliphatic rings. The Morgan fingerprint density at radius 3 is 2.04 bits per heavy atom. The third-order valence-corrected chi connectivity index (χ3v) is 4.49. The fourth-order valence-corrected chi connectivity index (χ4v) is 3.09. The zero-order valence-electron chi connectivity index (χ0n) is 13.1. The first-order valence-corrected chi connectivity index (χ1v) is 7.30. The lowest BCUT2D eigenvalue weighted by Crippen LogP contribution is -2.23. The number of rotatable bonds is 2. The van der Waals surface area contributed by atoms with Gasteiger partial charge >= 0.3 is 0 Å². The van der Waals surface area contributed by atoms with E-state index in [2.05, 4.69) is 0 Å². The van der Waals surface area contributed by atoms with Crippen molar-refractivity contribution in [3.05, 3.63) is 45.0 Å². The number of phenolic OH excluding ortho intramolecular Hbond substituents is 2. The Kier molecular flexibility index (Phi) is 3.64. The first-order valence-electron chi connectivity index (χ1n) is 6.92. The largest absolute Gasteiger partial charge is 0.507 e. The number of carbonyl (C=O) groups excluding carboxylic acids is 2. The molecule has 2 aromatic carbocycles. The Hall–Kier alpha value is -2.73. The molecule has 24 heavy (non-hydrogen) atoms. The van der Waals surface area contributed by atoms with E-state index < -0.39 is 17.3 Å². The number of carbonyl (C=O) groups is 2. The molecular formula is C17H13ClO6. The van der Waals surface area contributed by atoms with Crippen molar-refractivity contribution in [1.82, 2.24) is 0 Å². The van der Waals surface area contributed by atoms with E-state index in [1.807, 2.05) is 0 Å². The Labute approximate surface area is 142 Å². The van der Waals surface area contributed by atoms with Gasteiger partial charge in [0.2, 0.25) is 5.78 Å². The summed E-state index contributed by atoms with van der Waals surface area (Å²) in [5.41, 5.74) is -0.297. The summed E-state index contributed by atoms with van der Waals surface area (Å²) in [6.45, 7) is 1.60. The van der Waals surface area contributed by atoms with Crippen molar-refractivity contribution in [1.29, 1.82) is 0 Å². The van der Waals surface area contributed by atoms with Crippen molar-refractivity contribution in [3.8, 4) is 23.0 Å². The molecule has 6 nitrogen and oxygen atoms in total. The van der Waals surface area contributed by atoms with E-state index in [9.17, 15) is 19.8 Å². The monoisotopic (exact) mass is 348 g/mol. The van der Waals surface area contributed by atoms with Crippen LogP contribution >= 0.6 is 11.6 Å². The molecule has 0 fully saturated rings. The second kappa shape index (κ2) is 5.42. The van der Waals surface area contributed by atoms with Crippen LogP contribution in [0.4, 0.5) is 0 Å².